The van der Waals surface area contributed by atoms with Gasteiger partial charge in [0.05, 0.1) is 10.7 Å². The molecule has 1 atom stereocenters. The molecular formula is C13H16N4O2S2. The summed E-state index contributed by atoms with van der Waals surface area (Å²) in [6.45, 7) is 4.50. The quantitative estimate of drug-likeness (QED) is 0.859. The van der Waals surface area contributed by atoms with Gasteiger partial charge in [0.15, 0.2) is 4.21 Å². The Morgan fingerprint density at radius 3 is 2.62 bits per heavy atom. The third-order valence-corrected chi connectivity index (χ3v) is 7.06. The van der Waals surface area contributed by atoms with Crippen LogP contribution in [-0.4, -0.2) is 40.8 Å². The Kier molecular flexibility index (Phi) is 3.76. The van der Waals surface area contributed by atoms with E-state index in [-0.39, 0.29) is 5.92 Å². The van der Waals surface area contributed by atoms with Crippen molar-refractivity contribution in [1.29, 1.82) is 0 Å². The van der Waals surface area contributed by atoms with Crippen LogP contribution in [0, 0.1) is 13.8 Å². The number of rotatable bonds is 3. The first kappa shape index (κ1) is 14.6. The maximum Gasteiger partial charge on any atom is 0.254 e. The van der Waals surface area contributed by atoms with Crippen LogP contribution in [0.4, 0.5) is 0 Å². The lowest BCUT2D eigenvalue weighted by molar-refractivity contribution is 0.472. The van der Waals surface area contributed by atoms with Crippen LogP contribution >= 0.6 is 11.3 Å². The molecule has 0 aliphatic carbocycles. The van der Waals surface area contributed by atoms with Crippen LogP contribution in [0.5, 0.6) is 0 Å². The number of sulfonamides is 1. The Balaban J connectivity index is 1.84. The molecule has 0 amide bonds. The molecule has 0 radical (unpaired) electrons. The van der Waals surface area contributed by atoms with E-state index in [9.17, 15) is 8.42 Å². The van der Waals surface area contributed by atoms with Gasteiger partial charge in [-0.05, 0) is 26.3 Å². The molecule has 3 heterocycles. The van der Waals surface area contributed by atoms with Gasteiger partial charge in [-0.25, -0.2) is 23.4 Å². The predicted octanol–water partition coefficient (Wildman–Crippen LogP) is 1.73. The van der Waals surface area contributed by atoms with Gasteiger partial charge in [-0.2, -0.15) is 4.31 Å². The highest BCUT2D eigenvalue weighted by Crippen LogP contribution is 2.32. The topological polar surface area (TPSA) is 76.1 Å². The number of aryl methyl sites for hydroxylation is 2. The molecule has 1 fully saturated rings. The van der Waals surface area contributed by atoms with Crippen molar-refractivity contribution in [2.75, 3.05) is 13.1 Å². The number of thiazole rings is 1. The number of hydrogen-bond donors (Lipinski definition) is 0. The van der Waals surface area contributed by atoms with Crippen molar-refractivity contribution in [3.8, 4) is 0 Å². The Morgan fingerprint density at radius 2 is 2.00 bits per heavy atom. The molecule has 21 heavy (non-hydrogen) atoms. The molecule has 0 bridgehead atoms. The van der Waals surface area contributed by atoms with Crippen molar-refractivity contribution in [1.82, 2.24) is 19.3 Å². The van der Waals surface area contributed by atoms with E-state index in [1.54, 1.807) is 25.4 Å². The molecule has 1 saturated heterocycles. The molecule has 3 rings (SSSR count). The SMILES string of the molecule is Cc1nc(C)c(S(=O)(=O)N2CCC(c3ncccn3)C2)s1. The van der Waals surface area contributed by atoms with Crippen LogP contribution in [0.25, 0.3) is 0 Å². The summed E-state index contributed by atoms with van der Waals surface area (Å²) in [7, 11) is -3.46. The minimum atomic E-state index is -3.46. The fourth-order valence-corrected chi connectivity index (χ4v) is 5.67. The normalized spacial score (nSPS) is 20.0. The minimum Gasteiger partial charge on any atom is -0.245 e. The number of nitrogens with zero attached hydrogens (tertiary/aromatic N) is 4. The summed E-state index contributed by atoms with van der Waals surface area (Å²) in [6.07, 6.45) is 4.13. The van der Waals surface area contributed by atoms with E-state index in [1.165, 1.54) is 15.6 Å². The largest absolute Gasteiger partial charge is 0.254 e. The molecule has 2 aromatic heterocycles. The van der Waals surface area contributed by atoms with Crippen molar-refractivity contribution in [3.63, 3.8) is 0 Å². The van der Waals surface area contributed by atoms with E-state index in [1.807, 2.05) is 6.92 Å². The van der Waals surface area contributed by atoms with E-state index in [0.717, 1.165) is 11.4 Å². The zero-order valence-electron chi connectivity index (χ0n) is 11.9. The minimum absolute atomic E-state index is 0.0651. The van der Waals surface area contributed by atoms with Crippen LogP contribution in [0.1, 0.15) is 28.9 Å². The lowest BCUT2D eigenvalue weighted by Crippen LogP contribution is -2.28. The summed E-state index contributed by atoms with van der Waals surface area (Å²) < 4.78 is 27.3. The highest BCUT2D eigenvalue weighted by molar-refractivity contribution is 7.91. The monoisotopic (exact) mass is 324 g/mol. The van der Waals surface area contributed by atoms with Gasteiger partial charge in [0.25, 0.3) is 10.0 Å². The van der Waals surface area contributed by atoms with Gasteiger partial charge in [-0.1, -0.05) is 0 Å². The third kappa shape index (κ3) is 2.70. The molecule has 1 aliphatic heterocycles. The van der Waals surface area contributed by atoms with Crippen molar-refractivity contribution in [2.45, 2.75) is 30.4 Å². The standard InChI is InChI=1S/C13H16N4O2S2/c1-9-13(20-10(2)16-9)21(18,19)17-7-4-11(8-17)12-14-5-3-6-15-12/h3,5-6,11H,4,7-8H2,1-2H3. The van der Waals surface area contributed by atoms with Crippen molar-refractivity contribution >= 4 is 21.4 Å². The van der Waals surface area contributed by atoms with Crippen LogP contribution in [0.2, 0.25) is 0 Å². The lowest BCUT2D eigenvalue weighted by Gasteiger charge is -2.15. The second-order valence-electron chi connectivity index (χ2n) is 5.06. The molecule has 6 nitrogen and oxygen atoms in total. The van der Waals surface area contributed by atoms with Crippen molar-refractivity contribution in [3.05, 3.63) is 35.0 Å². The molecule has 1 aliphatic rings. The smallest absolute Gasteiger partial charge is 0.245 e. The summed E-state index contributed by atoms with van der Waals surface area (Å²) in [5, 5.41) is 0.771. The van der Waals surface area contributed by atoms with Crippen molar-refractivity contribution in [2.24, 2.45) is 0 Å². The third-order valence-electron chi connectivity index (χ3n) is 3.54. The Morgan fingerprint density at radius 1 is 1.29 bits per heavy atom. The average Bonchev–Trinajstić information content (AvgIpc) is 3.07. The Labute approximate surface area is 127 Å². The van der Waals surface area contributed by atoms with Gasteiger partial charge in [0, 0.05) is 31.4 Å². The van der Waals surface area contributed by atoms with Gasteiger partial charge in [0.1, 0.15) is 5.82 Å². The van der Waals surface area contributed by atoms with E-state index in [4.69, 9.17) is 0 Å². The zero-order valence-corrected chi connectivity index (χ0v) is 13.5. The first-order chi connectivity index (χ1) is 9.98. The summed E-state index contributed by atoms with van der Waals surface area (Å²) in [6, 6.07) is 1.76. The van der Waals surface area contributed by atoms with E-state index < -0.39 is 10.0 Å². The molecule has 0 saturated carbocycles. The molecule has 1 unspecified atom stereocenters. The van der Waals surface area contributed by atoms with Gasteiger partial charge >= 0.3 is 0 Å². The Hall–Kier alpha value is -1.38. The second-order valence-corrected chi connectivity index (χ2v) is 8.40. The molecule has 2 aromatic rings. The summed E-state index contributed by atoms with van der Waals surface area (Å²) in [5.41, 5.74) is 0.580. The van der Waals surface area contributed by atoms with Gasteiger partial charge in [-0.3, -0.25) is 0 Å². The fourth-order valence-electron chi connectivity index (χ4n) is 2.55. The van der Waals surface area contributed by atoms with Gasteiger partial charge in [-0.15, -0.1) is 11.3 Å². The molecule has 8 heteroatoms. The highest BCUT2D eigenvalue weighted by Gasteiger charge is 2.36. The highest BCUT2D eigenvalue weighted by atomic mass is 32.2. The molecule has 112 valence electrons. The first-order valence-corrected chi connectivity index (χ1v) is 8.95. The molecule has 0 spiro atoms. The van der Waals surface area contributed by atoms with Gasteiger partial charge < -0.3 is 0 Å². The summed E-state index contributed by atoms with van der Waals surface area (Å²) in [5.74, 6) is 0.780. The molecular weight excluding hydrogens is 308 g/mol. The maximum atomic E-state index is 12.7. The first-order valence-electron chi connectivity index (χ1n) is 6.69. The van der Waals surface area contributed by atoms with E-state index >= 15 is 0 Å². The van der Waals surface area contributed by atoms with Crippen LogP contribution in [0.3, 0.4) is 0 Å². The number of hydrogen-bond acceptors (Lipinski definition) is 6. The fraction of sp³-hybridized carbons (Fsp3) is 0.462. The lowest BCUT2D eigenvalue weighted by atomic mass is 10.1. The van der Waals surface area contributed by atoms with Crippen LogP contribution in [-0.2, 0) is 10.0 Å². The maximum absolute atomic E-state index is 12.7. The molecule has 0 N–H and O–H groups in total. The van der Waals surface area contributed by atoms with E-state index in [2.05, 4.69) is 15.0 Å². The summed E-state index contributed by atoms with van der Waals surface area (Å²) >= 11 is 1.23. The summed E-state index contributed by atoms with van der Waals surface area (Å²) in [4.78, 5) is 12.7. The van der Waals surface area contributed by atoms with E-state index in [0.29, 0.717) is 28.8 Å². The van der Waals surface area contributed by atoms with Crippen LogP contribution in [0.15, 0.2) is 22.7 Å². The number of aromatic nitrogens is 3. The van der Waals surface area contributed by atoms with Crippen LogP contribution < -0.4 is 0 Å². The predicted molar refractivity (Wildman–Crippen MR) is 79.7 cm³/mol. The second kappa shape index (κ2) is 5.43. The Bertz CT molecular complexity index is 743. The van der Waals surface area contributed by atoms with Gasteiger partial charge in [0.2, 0.25) is 0 Å². The molecule has 0 aromatic carbocycles. The van der Waals surface area contributed by atoms with Crippen molar-refractivity contribution < 1.29 is 8.42 Å². The average molecular weight is 324 g/mol. The zero-order chi connectivity index (χ0) is 15.0.